The molecule has 2 aromatic carbocycles. The van der Waals surface area contributed by atoms with Gasteiger partial charge in [0.1, 0.15) is 0 Å². The van der Waals surface area contributed by atoms with Crippen molar-refractivity contribution in [2.75, 3.05) is 0 Å². The van der Waals surface area contributed by atoms with Crippen molar-refractivity contribution in [2.24, 2.45) is 0 Å². The van der Waals surface area contributed by atoms with Crippen LogP contribution in [0.25, 0.3) is 6.08 Å². The third kappa shape index (κ3) is 5.59. The number of carbonyl (C=O) groups is 1. The molecule has 0 fully saturated rings. The number of nitrogens with zero attached hydrogens (tertiary/aromatic N) is 3. The molecule has 0 saturated heterocycles. The molecule has 0 aliphatic carbocycles. The van der Waals surface area contributed by atoms with Crippen LogP contribution in [0, 0.1) is 17.0 Å². The molecule has 0 N–H and O–H groups in total. The topological polar surface area (TPSA) is 76.3 Å². The number of carbonyl (C=O) groups excluding carboxylic acids is 1. The van der Waals surface area contributed by atoms with Crippen LogP contribution in [0.15, 0.2) is 79.1 Å². The number of nitro benzene ring substituents is 1. The van der Waals surface area contributed by atoms with Gasteiger partial charge in [-0.3, -0.25) is 19.9 Å². The summed E-state index contributed by atoms with van der Waals surface area (Å²) in [5, 5.41) is 10.9. The van der Waals surface area contributed by atoms with Gasteiger partial charge in [-0.15, -0.1) is 0 Å². The Kier molecular flexibility index (Phi) is 6.47. The Balaban J connectivity index is 1.82. The maximum absolute atomic E-state index is 12.9. The molecule has 0 unspecified atom stereocenters. The van der Waals surface area contributed by atoms with Crippen LogP contribution >= 0.6 is 0 Å². The minimum absolute atomic E-state index is 0.00766. The lowest BCUT2D eigenvalue weighted by Gasteiger charge is -2.22. The van der Waals surface area contributed by atoms with E-state index in [4.69, 9.17) is 0 Å². The van der Waals surface area contributed by atoms with Crippen LogP contribution in [0.4, 0.5) is 5.69 Å². The van der Waals surface area contributed by atoms with Gasteiger partial charge in [0, 0.05) is 43.7 Å². The molecule has 29 heavy (non-hydrogen) atoms. The van der Waals surface area contributed by atoms with Crippen molar-refractivity contribution in [3.8, 4) is 0 Å². The fourth-order valence-electron chi connectivity index (χ4n) is 2.93. The van der Waals surface area contributed by atoms with Gasteiger partial charge < -0.3 is 4.90 Å². The SMILES string of the molecule is Cc1ccccc1CN(Cc1cccnc1)C(=O)/C=C/c1cccc([N+](=O)[O-])c1. The fourth-order valence-corrected chi connectivity index (χ4v) is 2.93. The monoisotopic (exact) mass is 387 g/mol. The smallest absolute Gasteiger partial charge is 0.270 e. The summed E-state index contributed by atoms with van der Waals surface area (Å²) in [5.74, 6) is -0.177. The lowest BCUT2D eigenvalue weighted by molar-refractivity contribution is -0.384. The fraction of sp³-hybridized carbons (Fsp3) is 0.130. The van der Waals surface area contributed by atoms with Crippen molar-refractivity contribution in [1.29, 1.82) is 0 Å². The van der Waals surface area contributed by atoms with E-state index in [0.717, 1.165) is 16.7 Å². The van der Waals surface area contributed by atoms with Gasteiger partial charge >= 0.3 is 0 Å². The van der Waals surface area contributed by atoms with Crippen molar-refractivity contribution in [3.63, 3.8) is 0 Å². The average Bonchev–Trinajstić information content (AvgIpc) is 2.74. The zero-order valence-corrected chi connectivity index (χ0v) is 16.1. The number of nitro groups is 1. The van der Waals surface area contributed by atoms with Crippen LogP contribution in [0.5, 0.6) is 0 Å². The highest BCUT2D eigenvalue weighted by Gasteiger charge is 2.14. The summed E-state index contributed by atoms with van der Waals surface area (Å²) in [7, 11) is 0. The van der Waals surface area contributed by atoms with Gasteiger partial charge in [-0.25, -0.2) is 0 Å². The van der Waals surface area contributed by atoms with Gasteiger partial charge in [0.2, 0.25) is 5.91 Å². The second kappa shape index (κ2) is 9.41. The van der Waals surface area contributed by atoms with E-state index in [1.165, 1.54) is 18.2 Å². The summed E-state index contributed by atoms with van der Waals surface area (Å²) in [4.78, 5) is 29.3. The molecule has 146 valence electrons. The normalized spacial score (nSPS) is 10.8. The van der Waals surface area contributed by atoms with Crippen LogP contribution in [0.2, 0.25) is 0 Å². The minimum atomic E-state index is -0.452. The van der Waals surface area contributed by atoms with Crippen LogP contribution < -0.4 is 0 Å². The van der Waals surface area contributed by atoms with Gasteiger partial charge in [-0.05, 0) is 41.3 Å². The second-order valence-corrected chi connectivity index (χ2v) is 6.67. The standard InChI is InChI=1S/C23H21N3O3/c1-18-6-2-3-9-21(18)17-25(16-20-8-5-13-24-15-20)23(27)12-11-19-7-4-10-22(14-19)26(28)29/h2-15H,16-17H2,1H3/b12-11+. The number of pyridine rings is 1. The molecule has 0 radical (unpaired) electrons. The predicted molar refractivity (Wildman–Crippen MR) is 112 cm³/mol. The first-order valence-corrected chi connectivity index (χ1v) is 9.18. The Labute approximate surface area is 169 Å². The Morgan fingerprint density at radius 3 is 2.66 bits per heavy atom. The predicted octanol–water partition coefficient (Wildman–Crippen LogP) is 4.54. The number of benzene rings is 2. The lowest BCUT2D eigenvalue weighted by Crippen LogP contribution is -2.28. The molecule has 1 aromatic heterocycles. The van der Waals surface area contributed by atoms with Gasteiger partial charge in [0.05, 0.1) is 4.92 Å². The maximum Gasteiger partial charge on any atom is 0.270 e. The Bertz CT molecular complexity index is 1030. The quantitative estimate of drug-likeness (QED) is 0.339. The molecule has 0 atom stereocenters. The lowest BCUT2D eigenvalue weighted by atomic mass is 10.1. The number of hydrogen-bond donors (Lipinski definition) is 0. The Hall–Kier alpha value is -3.80. The molecular formula is C23H21N3O3. The van der Waals surface area contributed by atoms with E-state index in [0.29, 0.717) is 18.7 Å². The first-order valence-electron chi connectivity index (χ1n) is 9.18. The van der Waals surface area contributed by atoms with Crippen molar-refractivity contribution in [1.82, 2.24) is 9.88 Å². The zero-order chi connectivity index (χ0) is 20.6. The van der Waals surface area contributed by atoms with Crippen molar-refractivity contribution >= 4 is 17.7 Å². The third-order valence-electron chi connectivity index (χ3n) is 4.53. The number of hydrogen-bond acceptors (Lipinski definition) is 4. The highest BCUT2D eigenvalue weighted by atomic mass is 16.6. The number of aryl methyl sites for hydroxylation is 1. The van der Waals surface area contributed by atoms with Gasteiger partial charge in [0.15, 0.2) is 0 Å². The third-order valence-corrected chi connectivity index (χ3v) is 4.53. The Morgan fingerprint density at radius 1 is 1.10 bits per heavy atom. The summed E-state index contributed by atoms with van der Waals surface area (Å²) in [6, 6.07) is 17.9. The van der Waals surface area contributed by atoms with Crippen LogP contribution in [-0.4, -0.2) is 20.7 Å². The number of aromatic nitrogens is 1. The molecule has 3 aromatic rings. The van der Waals surface area contributed by atoms with E-state index in [1.54, 1.807) is 35.5 Å². The van der Waals surface area contributed by atoms with Gasteiger partial charge in [-0.2, -0.15) is 0 Å². The molecule has 0 spiro atoms. The van der Waals surface area contributed by atoms with E-state index < -0.39 is 4.92 Å². The highest BCUT2D eigenvalue weighted by molar-refractivity contribution is 5.91. The molecule has 0 aliphatic heterocycles. The summed E-state index contributed by atoms with van der Waals surface area (Å²) in [6.45, 7) is 2.89. The van der Waals surface area contributed by atoms with Gasteiger partial charge in [-0.1, -0.05) is 42.5 Å². The van der Waals surface area contributed by atoms with E-state index >= 15 is 0 Å². The molecule has 6 heteroatoms. The van der Waals surface area contributed by atoms with E-state index in [-0.39, 0.29) is 11.6 Å². The molecular weight excluding hydrogens is 366 g/mol. The molecule has 1 amide bonds. The summed E-state index contributed by atoms with van der Waals surface area (Å²) >= 11 is 0. The maximum atomic E-state index is 12.9. The van der Waals surface area contributed by atoms with Crippen LogP contribution in [0.3, 0.4) is 0 Å². The molecule has 0 bridgehead atoms. The van der Waals surface area contributed by atoms with Crippen LogP contribution in [0.1, 0.15) is 22.3 Å². The first-order chi connectivity index (χ1) is 14.0. The molecule has 0 saturated carbocycles. The molecule has 0 aliphatic rings. The summed E-state index contributed by atoms with van der Waals surface area (Å²) in [6.07, 6.45) is 6.48. The second-order valence-electron chi connectivity index (χ2n) is 6.67. The van der Waals surface area contributed by atoms with E-state index in [9.17, 15) is 14.9 Å². The van der Waals surface area contributed by atoms with E-state index in [2.05, 4.69) is 4.98 Å². The van der Waals surface area contributed by atoms with Crippen molar-refractivity contribution in [3.05, 3.63) is 112 Å². The van der Waals surface area contributed by atoms with Crippen molar-refractivity contribution in [2.45, 2.75) is 20.0 Å². The molecule has 1 heterocycles. The highest BCUT2D eigenvalue weighted by Crippen LogP contribution is 2.16. The molecule has 3 rings (SSSR count). The van der Waals surface area contributed by atoms with Gasteiger partial charge in [0.25, 0.3) is 5.69 Å². The number of non-ortho nitro benzene ring substituents is 1. The molecule has 6 nitrogen and oxygen atoms in total. The number of rotatable bonds is 7. The summed E-state index contributed by atoms with van der Waals surface area (Å²) in [5.41, 5.74) is 3.70. The first kappa shape index (κ1) is 19.9. The average molecular weight is 387 g/mol. The van der Waals surface area contributed by atoms with E-state index in [1.807, 2.05) is 43.3 Å². The minimum Gasteiger partial charge on any atom is -0.330 e. The number of amides is 1. The zero-order valence-electron chi connectivity index (χ0n) is 16.1. The Morgan fingerprint density at radius 2 is 1.93 bits per heavy atom. The largest absolute Gasteiger partial charge is 0.330 e. The van der Waals surface area contributed by atoms with Crippen molar-refractivity contribution < 1.29 is 9.72 Å². The summed E-state index contributed by atoms with van der Waals surface area (Å²) < 4.78 is 0. The van der Waals surface area contributed by atoms with Crippen LogP contribution in [-0.2, 0) is 17.9 Å².